The van der Waals surface area contributed by atoms with Crippen LogP contribution in [0.2, 0.25) is 0 Å². The molecule has 25 heavy (non-hydrogen) atoms. The van der Waals surface area contributed by atoms with E-state index in [0.717, 1.165) is 23.6 Å². The topological polar surface area (TPSA) is 27.1 Å². The molecule has 0 spiro atoms. The summed E-state index contributed by atoms with van der Waals surface area (Å²) in [5.74, 6) is 2.43. The highest BCUT2D eigenvalue weighted by Crippen LogP contribution is 2.25. The van der Waals surface area contributed by atoms with Gasteiger partial charge in [-0.3, -0.25) is 0 Å². The van der Waals surface area contributed by atoms with Crippen molar-refractivity contribution >= 4 is 11.0 Å². The molecule has 0 N–H and O–H groups in total. The van der Waals surface area contributed by atoms with Gasteiger partial charge in [-0.15, -0.1) is 0 Å². The Morgan fingerprint density at radius 2 is 1.68 bits per heavy atom. The van der Waals surface area contributed by atoms with Gasteiger partial charge in [0.05, 0.1) is 17.6 Å². The van der Waals surface area contributed by atoms with Gasteiger partial charge in [-0.25, -0.2) is 4.98 Å². The minimum atomic E-state index is 0.167. The maximum atomic E-state index is 5.98. The summed E-state index contributed by atoms with van der Waals surface area (Å²) in [6, 6.07) is 16.7. The number of nitrogens with zero attached hydrogens (tertiary/aromatic N) is 2. The lowest BCUT2D eigenvalue weighted by molar-refractivity contribution is 0.297. The second kappa shape index (κ2) is 6.91. The van der Waals surface area contributed by atoms with Crippen molar-refractivity contribution in [3.8, 4) is 5.75 Å². The van der Waals surface area contributed by atoms with Crippen molar-refractivity contribution in [2.24, 2.45) is 0 Å². The van der Waals surface area contributed by atoms with Crippen molar-refractivity contribution in [3.63, 3.8) is 0 Å². The maximum absolute atomic E-state index is 5.98. The molecule has 0 aliphatic heterocycles. The Labute approximate surface area is 150 Å². The van der Waals surface area contributed by atoms with Gasteiger partial charge in [0.1, 0.15) is 18.2 Å². The van der Waals surface area contributed by atoms with Gasteiger partial charge in [-0.1, -0.05) is 58.9 Å². The first-order valence-corrected chi connectivity index (χ1v) is 9.05. The number of para-hydroxylation sites is 2. The summed E-state index contributed by atoms with van der Waals surface area (Å²) in [6.07, 6.45) is 0. The molecule has 0 saturated carbocycles. The lowest BCUT2D eigenvalue weighted by atomic mass is 9.87. The summed E-state index contributed by atoms with van der Waals surface area (Å²) in [5.41, 5.74) is 3.72. The highest BCUT2D eigenvalue weighted by atomic mass is 16.5. The number of rotatable bonds is 5. The van der Waals surface area contributed by atoms with Crippen molar-refractivity contribution in [2.45, 2.75) is 52.5 Å². The second-order valence-electron chi connectivity index (χ2n) is 7.89. The van der Waals surface area contributed by atoms with Crippen LogP contribution in [0, 0.1) is 0 Å². The molecule has 0 atom stereocenters. The van der Waals surface area contributed by atoms with E-state index in [1.165, 1.54) is 11.1 Å². The van der Waals surface area contributed by atoms with Crippen LogP contribution in [0.25, 0.3) is 11.0 Å². The zero-order valence-corrected chi connectivity index (χ0v) is 15.9. The van der Waals surface area contributed by atoms with Crippen LogP contribution in [0.15, 0.2) is 48.5 Å². The van der Waals surface area contributed by atoms with Gasteiger partial charge in [0, 0.05) is 5.92 Å². The Morgan fingerprint density at radius 3 is 2.32 bits per heavy atom. The van der Waals surface area contributed by atoms with Crippen LogP contribution in [0.1, 0.15) is 51.9 Å². The van der Waals surface area contributed by atoms with E-state index in [2.05, 4.69) is 81.7 Å². The van der Waals surface area contributed by atoms with Crippen LogP contribution in [-0.4, -0.2) is 16.2 Å². The zero-order valence-electron chi connectivity index (χ0n) is 15.9. The quantitative estimate of drug-likeness (QED) is 0.612. The van der Waals surface area contributed by atoms with Crippen LogP contribution >= 0.6 is 0 Å². The van der Waals surface area contributed by atoms with Gasteiger partial charge in [0.25, 0.3) is 0 Å². The molecule has 0 fully saturated rings. The van der Waals surface area contributed by atoms with E-state index in [1.807, 2.05) is 6.07 Å². The van der Waals surface area contributed by atoms with Crippen molar-refractivity contribution in [2.75, 3.05) is 6.61 Å². The van der Waals surface area contributed by atoms with Gasteiger partial charge >= 0.3 is 0 Å². The van der Waals surface area contributed by atoms with Gasteiger partial charge in [-0.2, -0.15) is 0 Å². The summed E-state index contributed by atoms with van der Waals surface area (Å²) >= 11 is 0. The molecule has 0 bridgehead atoms. The summed E-state index contributed by atoms with van der Waals surface area (Å²) in [6.45, 7) is 12.5. The molecule has 3 aromatic rings. The summed E-state index contributed by atoms with van der Waals surface area (Å²) in [7, 11) is 0. The lowest BCUT2D eigenvalue weighted by Gasteiger charge is -2.19. The minimum Gasteiger partial charge on any atom is -0.492 e. The molecule has 1 heterocycles. The molecule has 0 unspecified atom stereocenters. The molecule has 3 heteroatoms. The lowest BCUT2D eigenvalue weighted by Crippen LogP contribution is -2.13. The Morgan fingerprint density at radius 1 is 1.00 bits per heavy atom. The predicted octanol–water partition coefficient (Wildman–Crippen LogP) is 5.54. The highest BCUT2D eigenvalue weighted by Gasteiger charge is 2.14. The first-order chi connectivity index (χ1) is 11.9. The smallest absolute Gasteiger partial charge is 0.119 e. The first-order valence-electron chi connectivity index (χ1n) is 9.05. The molecule has 3 rings (SSSR count). The Hall–Kier alpha value is -2.29. The van der Waals surface area contributed by atoms with Crippen LogP contribution in [0.5, 0.6) is 5.75 Å². The van der Waals surface area contributed by atoms with E-state index in [9.17, 15) is 0 Å². The molecule has 0 radical (unpaired) electrons. The summed E-state index contributed by atoms with van der Waals surface area (Å²) in [5, 5.41) is 0. The molecule has 132 valence electrons. The largest absolute Gasteiger partial charge is 0.492 e. The third kappa shape index (κ3) is 3.87. The summed E-state index contributed by atoms with van der Waals surface area (Å²) in [4.78, 5) is 4.78. The Balaban J connectivity index is 1.72. The molecule has 2 aromatic carbocycles. The van der Waals surface area contributed by atoms with Crippen molar-refractivity contribution in [3.05, 3.63) is 59.9 Å². The number of fused-ring (bicyclic) bond motifs is 1. The number of ether oxygens (including phenoxy) is 1. The Bertz CT molecular complexity index is 839. The molecule has 0 amide bonds. The second-order valence-corrected chi connectivity index (χ2v) is 7.89. The fraction of sp³-hybridized carbons (Fsp3) is 0.409. The van der Waals surface area contributed by atoms with E-state index in [-0.39, 0.29) is 5.41 Å². The van der Waals surface area contributed by atoms with E-state index < -0.39 is 0 Å². The molecular formula is C22H28N2O. The SMILES string of the molecule is CC(C)c1nc2ccccc2n1CCOc1ccc(C(C)(C)C)cc1. The summed E-state index contributed by atoms with van der Waals surface area (Å²) < 4.78 is 8.26. The maximum Gasteiger partial charge on any atom is 0.119 e. The monoisotopic (exact) mass is 336 g/mol. The highest BCUT2D eigenvalue weighted by molar-refractivity contribution is 5.76. The van der Waals surface area contributed by atoms with Crippen molar-refractivity contribution in [1.29, 1.82) is 0 Å². The number of benzene rings is 2. The number of hydrogen-bond acceptors (Lipinski definition) is 2. The number of aromatic nitrogens is 2. The minimum absolute atomic E-state index is 0.167. The van der Waals surface area contributed by atoms with E-state index in [1.54, 1.807) is 0 Å². The fourth-order valence-electron chi connectivity index (χ4n) is 3.08. The molecule has 0 saturated heterocycles. The van der Waals surface area contributed by atoms with Crippen LogP contribution in [0.4, 0.5) is 0 Å². The van der Waals surface area contributed by atoms with Gasteiger partial charge < -0.3 is 9.30 Å². The van der Waals surface area contributed by atoms with Crippen molar-refractivity contribution < 1.29 is 4.74 Å². The fourth-order valence-corrected chi connectivity index (χ4v) is 3.08. The average molecular weight is 336 g/mol. The number of imidazole rings is 1. The third-order valence-electron chi connectivity index (χ3n) is 4.50. The average Bonchev–Trinajstić information content (AvgIpc) is 2.94. The van der Waals surface area contributed by atoms with E-state index in [4.69, 9.17) is 9.72 Å². The zero-order chi connectivity index (χ0) is 18.0. The third-order valence-corrected chi connectivity index (χ3v) is 4.50. The van der Waals surface area contributed by atoms with Crippen molar-refractivity contribution in [1.82, 2.24) is 9.55 Å². The van der Waals surface area contributed by atoms with Gasteiger partial charge in [0.2, 0.25) is 0 Å². The predicted molar refractivity (Wildman–Crippen MR) is 104 cm³/mol. The standard InChI is InChI=1S/C22H28N2O/c1-16(2)21-23-19-8-6-7-9-20(19)24(21)14-15-25-18-12-10-17(11-13-18)22(3,4)5/h6-13,16H,14-15H2,1-5H3. The van der Waals surface area contributed by atoms with E-state index >= 15 is 0 Å². The normalized spacial score (nSPS) is 12.1. The molecule has 1 aromatic heterocycles. The molecule has 0 aliphatic rings. The van der Waals surface area contributed by atoms with Crippen LogP contribution < -0.4 is 4.74 Å². The molecule has 3 nitrogen and oxygen atoms in total. The van der Waals surface area contributed by atoms with Gasteiger partial charge in [-0.05, 0) is 35.2 Å². The Kier molecular flexibility index (Phi) is 4.85. The van der Waals surface area contributed by atoms with E-state index in [0.29, 0.717) is 12.5 Å². The van der Waals surface area contributed by atoms with Gasteiger partial charge in [0.15, 0.2) is 0 Å². The van der Waals surface area contributed by atoms with Crippen LogP contribution in [-0.2, 0) is 12.0 Å². The molecule has 0 aliphatic carbocycles. The number of hydrogen-bond donors (Lipinski definition) is 0. The van der Waals surface area contributed by atoms with Crippen LogP contribution in [0.3, 0.4) is 0 Å². The first kappa shape index (κ1) is 17.5. The molecular weight excluding hydrogens is 308 g/mol.